The van der Waals surface area contributed by atoms with E-state index in [0.717, 1.165) is 5.56 Å². The van der Waals surface area contributed by atoms with E-state index in [9.17, 15) is 9.50 Å². The standard InChI is InChI=1S/C17H22FN3O2.HI/c1-3-19-17(20-11-15(22)16-8-5-9-23-16)21(2)12-13-6-4-7-14(18)10-13;/h4-10,15,22H,3,11-12H2,1-2H3,(H,19,20);1H. The van der Waals surface area contributed by atoms with Gasteiger partial charge in [0.15, 0.2) is 5.96 Å². The highest BCUT2D eigenvalue weighted by atomic mass is 127. The Labute approximate surface area is 158 Å². The summed E-state index contributed by atoms with van der Waals surface area (Å²) in [5.74, 6) is 0.867. The molecule has 1 aromatic carbocycles. The third kappa shape index (κ3) is 6.12. The molecule has 0 spiro atoms. The van der Waals surface area contributed by atoms with E-state index >= 15 is 0 Å². The van der Waals surface area contributed by atoms with Gasteiger partial charge in [0.05, 0.1) is 12.8 Å². The number of rotatable bonds is 6. The van der Waals surface area contributed by atoms with E-state index in [2.05, 4.69) is 10.3 Å². The van der Waals surface area contributed by atoms with E-state index in [4.69, 9.17) is 4.42 Å². The minimum Gasteiger partial charge on any atom is -0.467 e. The van der Waals surface area contributed by atoms with Crippen LogP contribution in [-0.4, -0.2) is 36.1 Å². The summed E-state index contributed by atoms with van der Waals surface area (Å²) >= 11 is 0. The summed E-state index contributed by atoms with van der Waals surface area (Å²) < 4.78 is 18.4. The maximum atomic E-state index is 13.3. The number of hydrogen-bond donors (Lipinski definition) is 2. The molecule has 7 heteroatoms. The minimum atomic E-state index is -0.791. The van der Waals surface area contributed by atoms with Gasteiger partial charge in [0, 0.05) is 20.1 Å². The Balaban J connectivity index is 0.00000288. The van der Waals surface area contributed by atoms with Crippen molar-refractivity contribution in [3.05, 3.63) is 59.8 Å². The number of furan rings is 1. The number of aliphatic hydroxyl groups excluding tert-OH is 1. The zero-order chi connectivity index (χ0) is 16.7. The molecule has 1 atom stereocenters. The van der Waals surface area contributed by atoms with Crippen molar-refractivity contribution >= 4 is 29.9 Å². The second-order valence-electron chi connectivity index (χ2n) is 5.21. The van der Waals surface area contributed by atoms with Crippen LogP contribution in [0.15, 0.2) is 52.1 Å². The Morgan fingerprint density at radius 3 is 2.79 bits per heavy atom. The zero-order valence-corrected chi connectivity index (χ0v) is 16.1. The minimum absolute atomic E-state index is 0. The molecule has 0 aliphatic carbocycles. The first kappa shape index (κ1) is 20.4. The van der Waals surface area contributed by atoms with Crippen molar-refractivity contribution < 1.29 is 13.9 Å². The first-order chi connectivity index (χ1) is 11.1. The molecule has 24 heavy (non-hydrogen) atoms. The van der Waals surface area contributed by atoms with Crippen LogP contribution in [-0.2, 0) is 6.54 Å². The lowest BCUT2D eigenvalue weighted by atomic mass is 10.2. The van der Waals surface area contributed by atoms with Gasteiger partial charge in [-0.3, -0.25) is 0 Å². The van der Waals surface area contributed by atoms with Crippen molar-refractivity contribution in [2.45, 2.75) is 19.6 Å². The molecule has 2 N–H and O–H groups in total. The van der Waals surface area contributed by atoms with Crippen molar-refractivity contribution in [1.29, 1.82) is 0 Å². The van der Waals surface area contributed by atoms with Crippen LogP contribution in [0.3, 0.4) is 0 Å². The van der Waals surface area contributed by atoms with Crippen LogP contribution in [0.25, 0.3) is 0 Å². The topological polar surface area (TPSA) is 61.0 Å². The Morgan fingerprint density at radius 1 is 1.38 bits per heavy atom. The first-order valence-electron chi connectivity index (χ1n) is 7.55. The summed E-state index contributed by atoms with van der Waals surface area (Å²) in [6, 6.07) is 9.90. The Bertz CT molecular complexity index is 635. The van der Waals surface area contributed by atoms with Gasteiger partial charge in [0.2, 0.25) is 0 Å². The largest absolute Gasteiger partial charge is 0.467 e. The van der Waals surface area contributed by atoms with E-state index in [1.165, 1.54) is 18.4 Å². The predicted octanol–water partition coefficient (Wildman–Crippen LogP) is 3.17. The molecule has 0 aliphatic rings. The average Bonchev–Trinajstić information content (AvgIpc) is 3.05. The van der Waals surface area contributed by atoms with Crippen LogP contribution in [0.2, 0.25) is 0 Å². The van der Waals surface area contributed by atoms with Gasteiger partial charge < -0.3 is 19.7 Å². The van der Waals surface area contributed by atoms with Crippen LogP contribution in [0.4, 0.5) is 4.39 Å². The van der Waals surface area contributed by atoms with Crippen LogP contribution in [0, 0.1) is 5.82 Å². The summed E-state index contributed by atoms with van der Waals surface area (Å²) in [4.78, 5) is 6.30. The number of hydrogen-bond acceptors (Lipinski definition) is 3. The number of benzene rings is 1. The summed E-state index contributed by atoms with van der Waals surface area (Å²) in [5, 5.41) is 13.2. The SMILES string of the molecule is CCNC(=NCC(O)c1ccco1)N(C)Cc1cccc(F)c1.I. The van der Waals surface area contributed by atoms with Crippen molar-refractivity contribution in [2.75, 3.05) is 20.1 Å². The highest BCUT2D eigenvalue weighted by molar-refractivity contribution is 14.0. The van der Waals surface area contributed by atoms with E-state index in [1.54, 1.807) is 18.2 Å². The van der Waals surface area contributed by atoms with Gasteiger partial charge in [0.1, 0.15) is 17.7 Å². The van der Waals surface area contributed by atoms with Crippen molar-refractivity contribution in [3.63, 3.8) is 0 Å². The van der Waals surface area contributed by atoms with Crippen molar-refractivity contribution in [2.24, 2.45) is 4.99 Å². The molecule has 5 nitrogen and oxygen atoms in total. The smallest absolute Gasteiger partial charge is 0.194 e. The Morgan fingerprint density at radius 2 is 2.17 bits per heavy atom. The van der Waals surface area contributed by atoms with Gasteiger partial charge in [-0.2, -0.15) is 0 Å². The van der Waals surface area contributed by atoms with Crippen LogP contribution in [0.1, 0.15) is 24.4 Å². The summed E-state index contributed by atoms with van der Waals surface area (Å²) in [5.41, 5.74) is 0.852. The molecule has 1 unspecified atom stereocenters. The average molecular weight is 447 g/mol. The molecule has 1 heterocycles. The molecule has 2 aromatic rings. The molecule has 1 aromatic heterocycles. The molecule has 2 rings (SSSR count). The zero-order valence-electron chi connectivity index (χ0n) is 13.8. The maximum absolute atomic E-state index is 13.3. The molecular formula is C17H23FIN3O2. The molecule has 132 valence electrons. The number of nitrogens with one attached hydrogen (secondary N) is 1. The van der Waals surface area contributed by atoms with Gasteiger partial charge in [-0.25, -0.2) is 9.38 Å². The number of nitrogens with zero attached hydrogens (tertiary/aromatic N) is 2. The van der Waals surface area contributed by atoms with Crippen molar-refractivity contribution in [1.82, 2.24) is 10.2 Å². The lowest BCUT2D eigenvalue weighted by Gasteiger charge is -2.22. The summed E-state index contributed by atoms with van der Waals surface area (Å²) in [6.07, 6.45) is 0.727. The molecule has 0 saturated carbocycles. The second-order valence-corrected chi connectivity index (χ2v) is 5.21. The fourth-order valence-electron chi connectivity index (χ4n) is 2.20. The molecule has 0 saturated heterocycles. The van der Waals surface area contributed by atoms with E-state index in [0.29, 0.717) is 24.8 Å². The van der Waals surface area contributed by atoms with Gasteiger partial charge >= 0.3 is 0 Å². The molecule has 0 amide bonds. The highest BCUT2D eigenvalue weighted by Crippen LogP contribution is 2.13. The van der Waals surface area contributed by atoms with E-state index in [-0.39, 0.29) is 36.3 Å². The summed E-state index contributed by atoms with van der Waals surface area (Å²) in [6.45, 7) is 3.36. The quantitative estimate of drug-likeness (QED) is 0.406. The van der Waals surface area contributed by atoms with Gasteiger partial charge in [0.25, 0.3) is 0 Å². The maximum Gasteiger partial charge on any atom is 0.194 e. The van der Waals surface area contributed by atoms with Gasteiger partial charge in [-0.15, -0.1) is 24.0 Å². The molecular weight excluding hydrogens is 424 g/mol. The molecule has 0 aliphatic heterocycles. The normalized spacial score (nSPS) is 12.4. The van der Waals surface area contributed by atoms with Crippen LogP contribution >= 0.6 is 24.0 Å². The predicted molar refractivity (Wildman–Crippen MR) is 103 cm³/mol. The van der Waals surface area contributed by atoms with Gasteiger partial charge in [-0.1, -0.05) is 12.1 Å². The monoisotopic (exact) mass is 447 g/mol. The lowest BCUT2D eigenvalue weighted by Crippen LogP contribution is -2.38. The Kier molecular flexibility index (Phi) is 8.77. The third-order valence-corrected chi connectivity index (χ3v) is 3.29. The van der Waals surface area contributed by atoms with E-state index < -0.39 is 6.10 Å². The molecule has 0 radical (unpaired) electrons. The van der Waals surface area contributed by atoms with Gasteiger partial charge in [-0.05, 0) is 36.8 Å². The number of aliphatic imine (C=N–C) groups is 1. The number of halogens is 2. The third-order valence-electron chi connectivity index (χ3n) is 3.29. The summed E-state index contributed by atoms with van der Waals surface area (Å²) in [7, 11) is 1.87. The molecule has 0 bridgehead atoms. The highest BCUT2D eigenvalue weighted by Gasteiger charge is 2.12. The fourth-order valence-corrected chi connectivity index (χ4v) is 2.20. The number of aliphatic hydroxyl groups is 1. The molecule has 0 fully saturated rings. The van der Waals surface area contributed by atoms with Crippen LogP contribution in [0.5, 0.6) is 0 Å². The fraction of sp³-hybridized carbons (Fsp3) is 0.353. The second kappa shape index (κ2) is 10.3. The van der Waals surface area contributed by atoms with E-state index in [1.807, 2.05) is 24.9 Å². The Hall–Kier alpha value is -1.61. The first-order valence-corrected chi connectivity index (χ1v) is 7.55. The van der Waals surface area contributed by atoms with Crippen molar-refractivity contribution in [3.8, 4) is 0 Å². The lowest BCUT2D eigenvalue weighted by molar-refractivity contribution is 0.158. The number of guanidine groups is 1. The van der Waals surface area contributed by atoms with Crippen LogP contribution < -0.4 is 5.32 Å².